The molecule has 0 fully saturated rings. The van der Waals surface area contributed by atoms with Gasteiger partial charge in [-0.25, -0.2) is 0 Å². The Hall–Kier alpha value is -0.910. The lowest BCUT2D eigenvalue weighted by molar-refractivity contribution is -0.132. The smallest absolute Gasteiger partial charge is 0.239 e. The number of nitrogens with two attached hydrogens (primary N) is 1. The van der Waals surface area contributed by atoms with Crippen molar-refractivity contribution in [1.29, 1.82) is 0 Å². The fourth-order valence-corrected chi connectivity index (χ4v) is 1.56. The van der Waals surface area contributed by atoms with E-state index in [4.69, 9.17) is 5.73 Å². The monoisotopic (exact) mass is 308 g/mol. The van der Waals surface area contributed by atoms with Crippen LogP contribution in [0.4, 0.5) is 0 Å². The molecule has 0 bridgehead atoms. The van der Waals surface area contributed by atoms with Gasteiger partial charge in [-0.15, -0.1) is 24.8 Å². The molecule has 0 spiro atoms. The Bertz CT molecular complexity index is 351. The quantitative estimate of drug-likeness (QED) is 0.869. The van der Waals surface area contributed by atoms with Crippen molar-refractivity contribution in [2.45, 2.75) is 38.8 Å². The molecule has 0 aliphatic carbocycles. The summed E-state index contributed by atoms with van der Waals surface area (Å²) in [4.78, 5) is 21.6. The van der Waals surface area contributed by atoms with Gasteiger partial charge in [0.25, 0.3) is 0 Å². The first-order chi connectivity index (χ1) is 8.15. The van der Waals surface area contributed by atoms with Crippen molar-refractivity contribution in [3.63, 3.8) is 0 Å². The number of unbranched alkanes of at least 4 members (excludes halogenated alkanes) is 1. The van der Waals surface area contributed by atoms with Gasteiger partial charge in [-0.1, -0.05) is 19.8 Å². The van der Waals surface area contributed by atoms with Crippen molar-refractivity contribution in [1.82, 2.24) is 14.9 Å². The van der Waals surface area contributed by atoms with Gasteiger partial charge in [-0.05, 0) is 6.42 Å². The highest BCUT2D eigenvalue weighted by Crippen LogP contribution is 2.04. The minimum absolute atomic E-state index is 0. The summed E-state index contributed by atoms with van der Waals surface area (Å²) in [7, 11) is 1.74. The second kappa shape index (κ2) is 11.0. The largest absolute Gasteiger partial charge is 0.338 e. The van der Waals surface area contributed by atoms with E-state index in [1.54, 1.807) is 30.5 Å². The third-order valence-corrected chi connectivity index (χ3v) is 2.58. The lowest BCUT2D eigenvalue weighted by atomic mass is 10.1. The summed E-state index contributed by atoms with van der Waals surface area (Å²) in [6.45, 7) is 2.53. The van der Waals surface area contributed by atoms with E-state index in [0.717, 1.165) is 25.0 Å². The summed E-state index contributed by atoms with van der Waals surface area (Å²) >= 11 is 0. The number of hydrogen-bond acceptors (Lipinski definition) is 4. The van der Waals surface area contributed by atoms with E-state index in [2.05, 4.69) is 16.9 Å². The van der Waals surface area contributed by atoms with Crippen LogP contribution in [0.5, 0.6) is 0 Å². The van der Waals surface area contributed by atoms with Gasteiger partial charge in [0.05, 0.1) is 24.5 Å². The SMILES string of the molecule is CCCCC(N)C(=O)N(C)Cc1cnccn1.Cl.Cl. The highest BCUT2D eigenvalue weighted by Gasteiger charge is 2.17. The van der Waals surface area contributed by atoms with Crippen molar-refractivity contribution < 1.29 is 4.79 Å². The zero-order valence-corrected chi connectivity index (χ0v) is 12.9. The van der Waals surface area contributed by atoms with E-state index in [-0.39, 0.29) is 30.7 Å². The van der Waals surface area contributed by atoms with Crippen molar-refractivity contribution >= 4 is 30.7 Å². The first kappa shape index (κ1) is 20.4. The topological polar surface area (TPSA) is 72.1 Å². The molecule has 0 aliphatic rings. The molecular formula is C12H22Cl2N4O. The minimum atomic E-state index is -0.406. The van der Waals surface area contributed by atoms with E-state index in [1.165, 1.54) is 0 Å². The molecule has 1 aromatic heterocycles. The van der Waals surface area contributed by atoms with Crippen molar-refractivity contribution in [2.75, 3.05) is 7.05 Å². The van der Waals surface area contributed by atoms with Gasteiger partial charge < -0.3 is 10.6 Å². The number of nitrogens with zero attached hydrogens (tertiary/aromatic N) is 3. The molecule has 1 unspecified atom stereocenters. The molecule has 1 heterocycles. The highest BCUT2D eigenvalue weighted by atomic mass is 35.5. The van der Waals surface area contributed by atoms with Crippen molar-refractivity contribution in [3.8, 4) is 0 Å². The lowest BCUT2D eigenvalue weighted by Gasteiger charge is -2.20. The Morgan fingerprint density at radius 1 is 1.42 bits per heavy atom. The first-order valence-electron chi connectivity index (χ1n) is 5.90. The summed E-state index contributed by atoms with van der Waals surface area (Å²) < 4.78 is 0. The van der Waals surface area contributed by atoms with E-state index < -0.39 is 6.04 Å². The first-order valence-corrected chi connectivity index (χ1v) is 5.90. The predicted octanol–water partition coefficient (Wildman–Crippen LogP) is 1.80. The van der Waals surface area contributed by atoms with Gasteiger partial charge in [-0.3, -0.25) is 14.8 Å². The predicted molar refractivity (Wildman–Crippen MR) is 80.5 cm³/mol. The van der Waals surface area contributed by atoms with Crippen LogP contribution in [0, 0.1) is 0 Å². The van der Waals surface area contributed by atoms with Gasteiger partial charge >= 0.3 is 0 Å². The summed E-state index contributed by atoms with van der Waals surface area (Å²) in [6.07, 6.45) is 7.64. The molecule has 1 amide bonds. The second-order valence-corrected chi connectivity index (χ2v) is 4.14. The summed E-state index contributed by atoms with van der Waals surface area (Å²) in [5, 5.41) is 0. The fraction of sp³-hybridized carbons (Fsp3) is 0.583. The normalized spacial score (nSPS) is 10.9. The number of rotatable bonds is 6. The average molecular weight is 309 g/mol. The standard InChI is InChI=1S/C12H20N4O.2ClH/c1-3-4-5-11(13)12(17)16(2)9-10-8-14-6-7-15-10;;/h6-8,11H,3-5,9,13H2,1-2H3;2*1H. The van der Waals surface area contributed by atoms with Gasteiger partial charge in [0.15, 0.2) is 0 Å². The number of aromatic nitrogens is 2. The Balaban J connectivity index is 0. The Morgan fingerprint density at radius 3 is 2.63 bits per heavy atom. The zero-order valence-electron chi connectivity index (χ0n) is 11.3. The Labute approximate surface area is 126 Å². The minimum Gasteiger partial charge on any atom is -0.338 e. The summed E-state index contributed by atoms with van der Waals surface area (Å²) in [5.41, 5.74) is 6.60. The Morgan fingerprint density at radius 2 is 2.11 bits per heavy atom. The van der Waals surface area contributed by atoms with Crippen LogP contribution >= 0.6 is 24.8 Å². The number of carbonyl (C=O) groups is 1. The number of amides is 1. The van der Waals surface area contributed by atoms with Gasteiger partial charge in [0, 0.05) is 19.4 Å². The third kappa shape index (κ3) is 7.30. The molecule has 1 rings (SSSR count). The molecule has 110 valence electrons. The maximum atomic E-state index is 11.9. The molecule has 0 saturated heterocycles. The van der Waals surface area contributed by atoms with E-state index >= 15 is 0 Å². The van der Waals surface area contributed by atoms with Crippen LogP contribution in [0.15, 0.2) is 18.6 Å². The summed E-state index contributed by atoms with van der Waals surface area (Å²) in [6, 6.07) is -0.406. The molecule has 0 saturated carbocycles. The van der Waals surface area contributed by atoms with Gasteiger partial charge in [0.2, 0.25) is 5.91 Å². The van der Waals surface area contributed by atoms with Crippen LogP contribution in [-0.4, -0.2) is 33.9 Å². The molecule has 1 aromatic rings. The molecule has 0 radical (unpaired) electrons. The van der Waals surface area contributed by atoms with Crippen molar-refractivity contribution in [3.05, 3.63) is 24.3 Å². The third-order valence-electron chi connectivity index (χ3n) is 2.58. The molecule has 1 atom stereocenters. The van der Waals surface area contributed by atoms with Gasteiger partial charge in [0.1, 0.15) is 0 Å². The molecular weight excluding hydrogens is 287 g/mol. The van der Waals surface area contributed by atoms with E-state index in [1.807, 2.05) is 0 Å². The number of carbonyl (C=O) groups excluding carboxylic acids is 1. The molecule has 7 heteroatoms. The van der Waals surface area contributed by atoms with Crippen LogP contribution in [0.25, 0.3) is 0 Å². The second-order valence-electron chi connectivity index (χ2n) is 4.14. The maximum absolute atomic E-state index is 11.9. The molecule has 5 nitrogen and oxygen atoms in total. The number of likely N-dealkylation sites (N-methyl/N-ethyl adjacent to an activating group) is 1. The van der Waals surface area contributed by atoms with Crippen molar-refractivity contribution in [2.24, 2.45) is 5.73 Å². The van der Waals surface area contributed by atoms with E-state index in [9.17, 15) is 4.79 Å². The Kier molecular flexibility index (Phi) is 11.8. The van der Waals surface area contributed by atoms with Crippen LogP contribution in [-0.2, 0) is 11.3 Å². The van der Waals surface area contributed by atoms with Crippen LogP contribution < -0.4 is 5.73 Å². The maximum Gasteiger partial charge on any atom is 0.239 e. The van der Waals surface area contributed by atoms with Gasteiger partial charge in [-0.2, -0.15) is 0 Å². The molecule has 2 N–H and O–H groups in total. The summed E-state index contributed by atoms with van der Waals surface area (Å²) in [5.74, 6) is -0.0379. The molecule has 0 aliphatic heterocycles. The fourth-order valence-electron chi connectivity index (χ4n) is 1.56. The number of hydrogen-bond donors (Lipinski definition) is 1. The highest BCUT2D eigenvalue weighted by molar-refractivity contribution is 5.85. The van der Waals surface area contributed by atoms with Crippen LogP contribution in [0.1, 0.15) is 31.9 Å². The van der Waals surface area contributed by atoms with Crippen LogP contribution in [0.3, 0.4) is 0 Å². The molecule has 19 heavy (non-hydrogen) atoms. The average Bonchev–Trinajstić information content (AvgIpc) is 2.36. The number of halogens is 2. The van der Waals surface area contributed by atoms with Crippen LogP contribution in [0.2, 0.25) is 0 Å². The lowest BCUT2D eigenvalue weighted by Crippen LogP contribution is -2.41. The van der Waals surface area contributed by atoms with E-state index in [0.29, 0.717) is 6.54 Å². The zero-order chi connectivity index (χ0) is 12.7. The molecule has 0 aromatic carbocycles.